The lowest BCUT2D eigenvalue weighted by atomic mass is 9.85. The molecule has 15 heteroatoms. The largest absolute Gasteiger partial charge is 0.472 e. The molecule has 7 N–H and O–H groups in total. The van der Waals surface area contributed by atoms with Gasteiger partial charge in [0.2, 0.25) is 0 Å². The molecule has 14 nitrogen and oxygen atoms in total. The Balaban J connectivity index is 2.49. The fourth-order valence-electron chi connectivity index (χ4n) is 6.65. The summed E-state index contributed by atoms with van der Waals surface area (Å²) in [5.41, 5.74) is 0. The lowest BCUT2D eigenvalue weighted by Gasteiger charge is -2.41. The number of hydrogen-bond donors (Lipinski definition) is 7. The lowest BCUT2D eigenvalue weighted by molar-refractivity contribution is -0.220. The second-order valence-electron chi connectivity index (χ2n) is 16.1. The van der Waals surface area contributed by atoms with Gasteiger partial charge in [-0.1, -0.05) is 139 Å². The molecule has 0 radical (unpaired) electrons. The highest BCUT2D eigenvalue weighted by molar-refractivity contribution is 7.47. The minimum absolute atomic E-state index is 0.0701. The molecule has 0 bridgehead atoms. The number of carbonyl (C=O) groups is 2. The lowest BCUT2D eigenvalue weighted by Crippen LogP contribution is -2.64. The second kappa shape index (κ2) is 36.8. The van der Waals surface area contributed by atoms with E-state index in [4.69, 9.17) is 18.5 Å². The van der Waals surface area contributed by atoms with Gasteiger partial charge in [-0.3, -0.25) is 18.6 Å². The van der Waals surface area contributed by atoms with Crippen LogP contribution in [0.3, 0.4) is 0 Å². The molecule has 1 rings (SSSR count). The van der Waals surface area contributed by atoms with Crippen molar-refractivity contribution in [3.8, 4) is 0 Å². The number of aliphatic hydroxyl groups excluding tert-OH is 6. The maximum absolute atomic E-state index is 12.8. The number of phosphoric acid groups is 1. The van der Waals surface area contributed by atoms with Gasteiger partial charge < -0.3 is 45.0 Å². The smallest absolute Gasteiger partial charge is 0.462 e. The monoisotopic (exact) mass is 901 g/mol. The predicted molar refractivity (Wildman–Crippen MR) is 241 cm³/mol. The maximum atomic E-state index is 12.8. The van der Waals surface area contributed by atoms with Crippen molar-refractivity contribution in [1.82, 2.24) is 0 Å². The van der Waals surface area contributed by atoms with Crippen LogP contribution in [0.25, 0.3) is 0 Å². The van der Waals surface area contributed by atoms with E-state index in [1.54, 1.807) is 6.08 Å². The maximum Gasteiger partial charge on any atom is 0.472 e. The van der Waals surface area contributed by atoms with Gasteiger partial charge in [-0.2, -0.15) is 0 Å². The van der Waals surface area contributed by atoms with Crippen molar-refractivity contribution in [2.75, 3.05) is 13.2 Å². The van der Waals surface area contributed by atoms with Crippen LogP contribution in [-0.2, 0) is 32.7 Å². The first-order chi connectivity index (χ1) is 29.8. The Morgan fingerprint density at radius 1 is 0.597 bits per heavy atom. The Labute approximate surface area is 371 Å². The molecule has 0 saturated heterocycles. The molecule has 1 aliphatic carbocycles. The van der Waals surface area contributed by atoms with E-state index in [1.165, 1.54) is 19.3 Å². The van der Waals surface area contributed by atoms with Gasteiger partial charge >= 0.3 is 19.8 Å². The minimum atomic E-state index is -5.14. The summed E-state index contributed by atoms with van der Waals surface area (Å²) in [6.45, 7) is 3.03. The van der Waals surface area contributed by atoms with Crippen molar-refractivity contribution < 1.29 is 68.2 Å². The van der Waals surface area contributed by atoms with Crippen LogP contribution in [0.5, 0.6) is 0 Å². The molecule has 0 aromatic carbocycles. The molecule has 1 fully saturated rings. The molecule has 9 atom stereocenters. The Kier molecular flexibility index (Phi) is 34.2. The highest BCUT2D eigenvalue weighted by atomic mass is 31.2. The number of esters is 2. The molecule has 358 valence electrons. The quantitative estimate of drug-likeness (QED) is 0.0103. The first-order valence-electron chi connectivity index (χ1n) is 23.2. The van der Waals surface area contributed by atoms with Crippen LogP contribution in [-0.4, -0.2) is 110 Å². The molecule has 0 aliphatic heterocycles. The zero-order valence-corrected chi connectivity index (χ0v) is 38.4. The normalized spacial score (nSPS) is 22.9. The van der Waals surface area contributed by atoms with Crippen molar-refractivity contribution in [2.45, 2.75) is 210 Å². The number of phosphoric ester groups is 1. The summed E-state index contributed by atoms with van der Waals surface area (Å²) < 4.78 is 33.5. The number of aliphatic hydroxyl groups is 6. The summed E-state index contributed by atoms with van der Waals surface area (Å²) in [6.07, 6.45) is 27.4. The third-order valence-corrected chi connectivity index (χ3v) is 11.4. The Hall–Kier alpha value is -2.49. The van der Waals surface area contributed by atoms with Crippen LogP contribution in [0.1, 0.15) is 162 Å². The van der Waals surface area contributed by atoms with Crippen LogP contribution < -0.4 is 0 Å². The molecular weight excluding hydrogens is 819 g/mol. The van der Waals surface area contributed by atoms with E-state index in [2.05, 4.69) is 37.3 Å². The van der Waals surface area contributed by atoms with Gasteiger partial charge in [0.1, 0.15) is 43.2 Å². The van der Waals surface area contributed by atoms with Crippen LogP contribution in [0.4, 0.5) is 0 Å². The molecule has 0 spiro atoms. The number of hydrogen-bond acceptors (Lipinski definition) is 13. The minimum Gasteiger partial charge on any atom is -0.462 e. The van der Waals surface area contributed by atoms with Crippen LogP contribution >= 0.6 is 7.82 Å². The Bertz CT molecular complexity index is 1330. The molecule has 0 heterocycles. The number of carbonyl (C=O) groups excluding carboxylic acids is 2. The third-order valence-electron chi connectivity index (χ3n) is 10.4. The van der Waals surface area contributed by atoms with Gasteiger partial charge in [-0.15, -0.1) is 0 Å². The molecule has 1 saturated carbocycles. The van der Waals surface area contributed by atoms with Gasteiger partial charge in [0.05, 0.1) is 12.7 Å². The first kappa shape index (κ1) is 57.5. The van der Waals surface area contributed by atoms with E-state index in [0.717, 1.165) is 96.3 Å². The fraction of sp³-hybridized carbons (Fsp3) is 0.745. The topological polar surface area (TPSA) is 230 Å². The zero-order valence-electron chi connectivity index (χ0n) is 37.5. The van der Waals surface area contributed by atoms with Gasteiger partial charge in [-0.05, 0) is 70.6 Å². The Morgan fingerprint density at radius 2 is 1.11 bits per heavy atom. The van der Waals surface area contributed by atoms with Gasteiger partial charge in [0, 0.05) is 12.8 Å². The average molecular weight is 901 g/mol. The third kappa shape index (κ3) is 29.1. The highest BCUT2D eigenvalue weighted by Crippen LogP contribution is 2.47. The molecule has 62 heavy (non-hydrogen) atoms. The molecule has 0 aromatic heterocycles. The zero-order chi connectivity index (χ0) is 45.9. The van der Waals surface area contributed by atoms with Crippen LogP contribution in [0, 0.1) is 0 Å². The van der Waals surface area contributed by atoms with E-state index in [-0.39, 0.29) is 12.8 Å². The molecular formula is C47H81O14P. The van der Waals surface area contributed by atoms with Crippen molar-refractivity contribution in [3.63, 3.8) is 0 Å². The summed E-state index contributed by atoms with van der Waals surface area (Å²) in [5.74, 6) is -1.17. The summed E-state index contributed by atoms with van der Waals surface area (Å²) in [5, 5.41) is 60.0. The van der Waals surface area contributed by atoms with E-state index < -0.39 is 81.8 Å². The first-order valence-corrected chi connectivity index (χ1v) is 24.7. The predicted octanol–water partition coefficient (Wildman–Crippen LogP) is 7.92. The molecule has 4 unspecified atom stereocenters. The summed E-state index contributed by atoms with van der Waals surface area (Å²) in [4.78, 5) is 35.7. The second-order valence-corrected chi connectivity index (χ2v) is 17.5. The summed E-state index contributed by atoms with van der Waals surface area (Å²) >= 11 is 0. The number of rotatable bonds is 37. The number of allylic oxidation sites excluding steroid dienone is 8. The van der Waals surface area contributed by atoms with Gasteiger partial charge in [-0.25, -0.2) is 4.57 Å². The highest BCUT2D eigenvalue weighted by Gasteiger charge is 2.51. The van der Waals surface area contributed by atoms with E-state index in [0.29, 0.717) is 19.3 Å². The van der Waals surface area contributed by atoms with Gasteiger partial charge in [0.25, 0.3) is 0 Å². The van der Waals surface area contributed by atoms with Crippen molar-refractivity contribution in [3.05, 3.63) is 60.8 Å². The SMILES string of the molecule is CC/C=C/CC(O)/C=C/C=C/CCCCCCCC(=O)OC[C@H](COP(=O)(O)OC1[C@H](O)[C@H](O)C(O)[C@H](O)[C@H]1O)OC(=O)CCCCCCCCC/C=C\C/C=C\CCCCC. The van der Waals surface area contributed by atoms with Crippen molar-refractivity contribution >= 4 is 19.8 Å². The van der Waals surface area contributed by atoms with Crippen molar-refractivity contribution in [2.24, 2.45) is 0 Å². The molecule has 0 amide bonds. The summed E-state index contributed by atoms with van der Waals surface area (Å²) in [6, 6.07) is 0. The standard InChI is InChI=1S/C47H81O14P/c1-3-5-7-8-9-10-11-12-13-14-15-16-17-20-24-27-31-35-41(50)60-39(37-59-62(56,57)61-47-45(54)43(52)42(51)44(53)46(47)55)36-58-40(49)34-30-26-23-21-18-19-22-25-29-33-38(48)32-28-6-4-2/h6,9-10,12-13,22,25,28-29,33,38-39,42-48,51-55H,3-5,7-8,11,14-21,23-24,26-27,30-32,34-37H2,1-2H3,(H,56,57)/b10-9-,13-12-,25-22+,28-6+,33-29+/t38?,39-,42?,43-,44+,45-,46-,47?/m1/s1. The number of ether oxygens (including phenoxy) is 2. The van der Waals surface area contributed by atoms with Crippen LogP contribution in [0.2, 0.25) is 0 Å². The van der Waals surface area contributed by atoms with Crippen molar-refractivity contribution in [1.29, 1.82) is 0 Å². The average Bonchev–Trinajstić information content (AvgIpc) is 3.25. The number of unbranched alkanes of at least 4 members (excludes halogenated alkanes) is 15. The van der Waals surface area contributed by atoms with Crippen LogP contribution in [0.15, 0.2) is 60.8 Å². The van der Waals surface area contributed by atoms with Gasteiger partial charge in [0.15, 0.2) is 6.10 Å². The Morgan fingerprint density at radius 3 is 1.69 bits per heavy atom. The molecule has 0 aromatic rings. The molecule has 1 aliphatic rings. The summed E-state index contributed by atoms with van der Waals surface area (Å²) in [7, 11) is -5.14. The fourth-order valence-corrected chi connectivity index (χ4v) is 7.62. The van der Waals surface area contributed by atoms with E-state index in [1.807, 2.05) is 31.2 Å². The van der Waals surface area contributed by atoms with E-state index in [9.17, 15) is 49.7 Å². The van der Waals surface area contributed by atoms with E-state index >= 15 is 0 Å².